The predicted molar refractivity (Wildman–Crippen MR) is 103 cm³/mol. The molecule has 0 saturated heterocycles. The van der Waals surface area contributed by atoms with Gasteiger partial charge in [0, 0.05) is 11.4 Å². The molecule has 0 aliphatic carbocycles. The molecule has 0 bridgehead atoms. The summed E-state index contributed by atoms with van der Waals surface area (Å²) in [6.45, 7) is 22.0. The van der Waals surface area contributed by atoms with E-state index < -0.39 is 0 Å². The second-order valence-electron chi connectivity index (χ2n) is 9.20. The molecule has 4 nitrogen and oxygen atoms in total. The van der Waals surface area contributed by atoms with Gasteiger partial charge in [-0.2, -0.15) is 10.2 Å². The number of hydrogen-bond donors (Lipinski definition) is 2. The zero-order valence-corrected chi connectivity index (χ0v) is 17.2. The van der Waals surface area contributed by atoms with E-state index in [4.69, 9.17) is 0 Å². The van der Waals surface area contributed by atoms with Crippen molar-refractivity contribution in [1.29, 1.82) is 0 Å². The number of H-pyrrole nitrogens is 2. The maximum absolute atomic E-state index is 4.08. The average molecular weight is 333 g/mol. The molecule has 0 radical (unpaired) electrons. The Balaban J connectivity index is 0.000000240. The first-order chi connectivity index (χ1) is 10.9. The normalized spacial score (nSPS) is 12.5. The molecule has 0 unspecified atom stereocenters. The first-order valence-electron chi connectivity index (χ1n) is 8.93. The van der Waals surface area contributed by atoms with E-state index in [1.807, 2.05) is 12.4 Å². The highest BCUT2D eigenvalue weighted by molar-refractivity contribution is 5.27. The molecule has 136 valence electrons. The van der Waals surface area contributed by atoms with Crippen LogP contribution in [0.4, 0.5) is 0 Å². The van der Waals surface area contributed by atoms with Crippen LogP contribution < -0.4 is 0 Å². The summed E-state index contributed by atoms with van der Waals surface area (Å²) in [7, 11) is 0. The van der Waals surface area contributed by atoms with Gasteiger partial charge in [-0.25, -0.2) is 0 Å². The van der Waals surface area contributed by atoms with Gasteiger partial charge in [0.15, 0.2) is 0 Å². The second kappa shape index (κ2) is 7.54. The lowest BCUT2D eigenvalue weighted by atomic mass is 9.85. The van der Waals surface area contributed by atoms with Crippen LogP contribution in [0.3, 0.4) is 0 Å². The van der Waals surface area contributed by atoms with Crippen LogP contribution in [-0.2, 0) is 10.8 Å². The van der Waals surface area contributed by atoms with Crippen LogP contribution in [0.5, 0.6) is 0 Å². The Morgan fingerprint density at radius 1 is 0.667 bits per heavy atom. The van der Waals surface area contributed by atoms with Crippen LogP contribution in [0.2, 0.25) is 0 Å². The van der Waals surface area contributed by atoms with Gasteiger partial charge in [0.05, 0.1) is 12.4 Å². The molecular formula is C20H36N4. The fraction of sp³-hybridized carbons (Fsp3) is 0.700. The molecule has 0 aromatic carbocycles. The smallest absolute Gasteiger partial charge is 0.0527 e. The maximum atomic E-state index is 4.08. The molecule has 0 aliphatic heterocycles. The fourth-order valence-corrected chi connectivity index (χ4v) is 2.67. The lowest BCUT2D eigenvalue weighted by Gasteiger charge is -2.19. The van der Waals surface area contributed by atoms with Gasteiger partial charge >= 0.3 is 0 Å². The van der Waals surface area contributed by atoms with Gasteiger partial charge in [0.2, 0.25) is 0 Å². The monoisotopic (exact) mass is 332 g/mol. The van der Waals surface area contributed by atoms with Crippen LogP contribution in [0.1, 0.15) is 104 Å². The van der Waals surface area contributed by atoms with Crippen LogP contribution >= 0.6 is 0 Å². The molecule has 2 rings (SSSR count). The summed E-state index contributed by atoms with van der Waals surface area (Å²) in [6.07, 6.45) is 3.88. The maximum Gasteiger partial charge on any atom is 0.0527 e. The first-order valence-corrected chi connectivity index (χ1v) is 8.93. The second-order valence-corrected chi connectivity index (χ2v) is 9.20. The predicted octanol–water partition coefficient (Wildman–Crippen LogP) is 5.66. The number of aromatic amines is 2. The Morgan fingerprint density at radius 3 is 1.12 bits per heavy atom. The van der Waals surface area contributed by atoms with Gasteiger partial charge < -0.3 is 0 Å². The van der Waals surface area contributed by atoms with Crippen LogP contribution in [-0.4, -0.2) is 20.4 Å². The highest BCUT2D eigenvalue weighted by atomic mass is 15.1. The van der Waals surface area contributed by atoms with Crippen molar-refractivity contribution in [2.75, 3.05) is 0 Å². The van der Waals surface area contributed by atoms with Gasteiger partial charge in [0.25, 0.3) is 0 Å². The van der Waals surface area contributed by atoms with E-state index in [9.17, 15) is 0 Å². The average Bonchev–Trinajstić information content (AvgIpc) is 3.07. The van der Waals surface area contributed by atoms with Crippen molar-refractivity contribution in [2.45, 2.75) is 91.9 Å². The van der Waals surface area contributed by atoms with Crippen LogP contribution in [0.15, 0.2) is 12.4 Å². The summed E-state index contributed by atoms with van der Waals surface area (Å²) in [5.41, 5.74) is 5.60. The Hall–Kier alpha value is -1.58. The van der Waals surface area contributed by atoms with Crippen molar-refractivity contribution >= 4 is 0 Å². The van der Waals surface area contributed by atoms with Gasteiger partial charge in [-0.1, -0.05) is 69.2 Å². The van der Waals surface area contributed by atoms with Crippen molar-refractivity contribution in [3.8, 4) is 0 Å². The minimum Gasteiger partial charge on any atom is -0.282 e. The molecule has 2 N–H and O–H groups in total. The largest absolute Gasteiger partial charge is 0.282 e. The standard InChI is InChI=1S/2C10H18N2/c2*1-7(2)9-8(6-11-12-9)10(3,4)5/h2*6-7H,1-5H3,(H,11,12). The molecule has 0 amide bonds. The molecule has 0 fully saturated rings. The molecular weight excluding hydrogens is 296 g/mol. The number of hydrogen-bond acceptors (Lipinski definition) is 2. The van der Waals surface area contributed by atoms with E-state index in [1.54, 1.807) is 0 Å². The molecule has 24 heavy (non-hydrogen) atoms. The summed E-state index contributed by atoms with van der Waals surface area (Å²) in [6, 6.07) is 0. The Morgan fingerprint density at radius 2 is 0.958 bits per heavy atom. The van der Waals surface area contributed by atoms with Crippen LogP contribution in [0.25, 0.3) is 0 Å². The van der Waals surface area contributed by atoms with Gasteiger partial charge in [-0.3, -0.25) is 10.2 Å². The Labute approximate surface area is 147 Å². The van der Waals surface area contributed by atoms with Gasteiger partial charge in [-0.15, -0.1) is 0 Å². The SMILES string of the molecule is CC(C)c1[nH]ncc1C(C)(C)C.CC(C)c1[nH]ncc1C(C)(C)C. The van der Waals surface area contributed by atoms with Crippen molar-refractivity contribution < 1.29 is 0 Å². The lowest BCUT2D eigenvalue weighted by molar-refractivity contribution is 0.576. The lowest BCUT2D eigenvalue weighted by Crippen LogP contribution is -2.13. The quantitative estimate of drug-likeness (QED) is 0.745. The summed E-state index contributed by atoms with van der Waals surface area (Å²) in [5.74, 6) is 1.06. The zero-order chi connectivity index (χ0) is 18.7. The summed E-state index contributed by atoms with van der Waals surface area (Å²) in [4.78, 5) is 0. The number of rotatable bonds is 2. The zero-order valence-electron chi connectivity index (χ0n) is 17.2. The molecule has 0 saturated carbocycles. The Bertz CT molecular complexity index is 562. The van der Waals surface area contributed by atoms with Crippen molar-refractivity contribution in [3.05, 3.63) is 34.9 Å². The van der Waals surface area contributed by atoms with Crippen molar-refractivity contribution in [3.63, 3.8) is 0 Å². The minimum absolute atomic E-state index is 0.201. The molecule has 2 aromatic heterocycles. The van der Waals surface area contributed by atoms with Crippen LogP contribution in [0, 0.1) is 0 Å². The van der Waals surface area contributed by atoms with E-state index >= 15 is 0 Å². The summed E-state index contributed by atoms with van der Waals surface area (Å²) < 4.78 is 0. The van der Waals surface area contributed by atoms with Gasteiger partial charge in [-0.05, 0) is 33.8 Å². The number of nitrogens with zero attached hydrogens (tertiary/aromatic N) is 2. The van der Waals surface area contributed by atoms with Crippen molar-refractivity contribution in [2.24, 2.45) is 0 Å². The topological polar surface area (TPSA) is 57.4 Å². The van der Waals surface area contributed by atoms with Gasteiger partial charge in [0.1, 0.15) is 0 Å². The van der Waals surface area contributed by atoms with E-state index in [-0.39, 0.29) is 10.8 Å². The highest BCUT2D eigenvalue weighted by Gasteiger charge is 2.21. The summed E-state index contributed by atoms with van der Waals surface area (Å²) in [5, 5.41) is 14.3. The molecule has 2 aromatic rings. The molecule has 0 aliphatic rings. The van der Waals surface area contributed by atoms with E-state index in [0.29, 0.717) is 11.8 Å². The van der Waals surface area contributed by atoms with Crippen molar-refractivity contribution in [1.82, 2.24) is 20.4 Å². The Kier molecular flexibility index (Phi) is 6.43. The summed E-state index contributed by atoms with van der Waals surface area (Å²) >= 11 is 0. The highest BCUT2D eigenvalue weighted by Crippen LogP contribution is 2.29. The number of aromatic nitrogens is 4. The molecule has 2 heterocycles. The third-order valence-electron chi connectivity index (χ3n) is 4.11. The molecule has 0 spiro atoms. The van der Waals surface area contributed by atoms with E-state index in [0.717, 1.165) is 0 Å². The third kappa shape index (κ3) is 5.22. The molecule has 0 atom stereocenters. The van der Waals surface area contributed by atoms with E-state index in [2.05, 4.69) is 89.6 Å². The van der Waals surface area contributed by atoms with E-state index in [1.165, 1.54) is 22.5 Å². The first kappa shape index (κ1) is 20.5. The molecule has 4 heteroatoms. The fourth-order valence-electron chi connectivity index (χ4n) is 2.67. The number of nitrogens with one attached hydrogen (secondary N) is 2. The third-order valence-corrected chi connectivity index (χ3v) is 4.11. The minimum atomic E-state index is 0.201.